The van der Waals surface area contributed by atoms with E-state index in [1.165, 1.54) is 22.9 Å². The third-order valence-corrected chi connectivity index (χ3v) is 5.44. The molecule has 2 aromatic rings. The fourth-order valence-electron chi connectivity index (χ4n) is 3.14. The average Bonchev–Trinajstić information content (AvgIpc) is 3.51. The molecular formula is C21H22BrF2NO4. The molecule has 1 N–H and O–H groups in total. The maximum absolute atomic E-state index is 15.0. The number of rotatable bonds is 10. The Balaban J connectivity index is 1.97. The van der Waals surface area contributed by atoms with Gasteiger partial charge in [-0.05, 0) is 30.0 Å². The van der Waals surface area contributed by atoms with Gasteiger partial charge in [-0.3, -0.25) is 9.59 Å². The average molecular weight is 470 g/mol. The Kier molecular flexibility index (Phi) is 7.32. The molecule has 0 spiro atoms. The minimum Gasteiger partial charge on any atom is -0.394 e. The van der Waals surface area contributed by atoms with Crippen LogP contribution in [0.4, 0.5) is 8.78 Å². The molecule has 1 aromatic carbocycles. The minimum atomic E-state index is -1.05. The van der Waals surface area contributed by atoms with Crippen LogP contribution in [-0.4, -0.2) is 35.3 Å². The molecule has 1 aliphatic carbocycles. The second-order valence-corrected chi connectivity index (χ2v) is 8.09. The largest absolute Gasteiger partial charge is 0.394 e. The van der Waals surface area contributed by atoms with Gasteiger partial charge in [0.1, 0.15) is 12.4 Å². The minimum absolute atomic E-state index is 0.00171. The number of halogens is 3. The predicted octanol–water partition coefficient (Wildman–Crippen LogP) is 3.47. The molecule has 0 unspecified atom stereocenters. The lowest BCUT2D eigenvalue weighted by Crippen LogP contribution is -2.28. The highest BCUT2D eigenvalue weighted by molar-refractivity contribution is 9.10. The molecule has 1 aromatic heterocycles. The van der Waals surface area contributed by atoms with E-state index in [4.69, 9.17) is 9.84 Å². The molecule has 8 heteroatoms. The van der Waals surface area contributed by atoms with Gasteiger partial charge in [0.05, 0.1) is 13.2 Å². The van der Waals surface area contributed by atoms with Gasteiger partial charge in [-0.2, -0.15) is 0 Å². The first-order valence-corrected chi connectivity index (χ1v) is 10.3. The topological polar surface area (TPSA) is 68.5 Å². The zero-order chi connectivity index (χ0) is 21.0. The number of carbonyl (C=O) groups excluding carboxylic acids is 1. The van der Waals surface area contributed by atoms with E-state index in [-0.39, 0.29) is 42.9 Å². The summed E-state index contributed by atoms with van der Waals surface area (Å²) in [7, 11) is 0. The lowest BCUT2D eigenvalue weighted by Gasteiger charge is -2.15. The molecule has 1 aliphatic rings. The van der Waals surface area contributed by atoms with Gasteiger partial charge < -0.3 is 14.4 Å². The fraction of sp³-hybridized carbons (Fsp3) is 0.429. The number of hydrogen-bond acceptors (Lipinski definition) is 4. The molecule has 3 rings (SSSR count). The van der Waals surface area contributed by atoms with Gasteiger partial charge in [0.15, 0.2) is 11.6 Å². The molecule has 156 valence electrons. The molecule has 0 bridgehead atoms. The number of Topliss-reactive ketones (excluding diaryl/α,β-unsaturated/α-hetero) is 1. The summed E-state index contributed by atoms with van der Waals surface area (Å²) < 4.78 is 36.1. The molecule has 1 heterocycles. The Bertz CT molecular complexity index is 956. The van der Waals surface area contributed by atoms with E-state index in [1.807, 2.05) is 0 Å². The van der Waals surface area contributed by atoms with Gasteiger partial charge in [0, 0.05) is 34.8 Å². The molecule has 5 nitrogen and oxygen atoms in total. The Morgan fingerprint density at radius 2 is 2.07 bits per heavy atom. The van der Waals surface area contributed by atoms with Crippen molar-refractivity contribution in [3.8, 4) is 0 Å². The van der Waals surface area contributed by atoms with Crippen LogP contribution in [0.2, 0.25) is 0 Å². The van der Waals surface area contributed by atoms with Gasteiger partial charge in [-0.1, -0.05) is 34.8 Å². The summed E-state index contributed by atoms with van der Waals surface area (Å²) in [5.41, 5.74) is -0.784. The highest BCUT2D eigenvalue weighted by Crippen LogP contribution is 2.32. The highest BCUT2D eigenvalue weighted by atomic mass is 79.9. The number of hydrogen-bond donors (Lipinski definition) is 1. The van der Waals surface area contributed by atoms with E-state index in [9.17, 15) is 14.0 Å². The molecule has 1 saturated carbocycles. The Labute approximate surface area is 175 Å². The number of benzene rings is 1. The van der Waals surface area contributed by atoms with Crippen molar-refractivity contribution in [3.63, 3.8) is 0 Å². The summed E-state index contributed by atoms with van der Waals surface area (Å²) in [4.78, 5) is 25.1. The first-order chi connectivity index (χ1) is 13.9. The van der Waals surface area contributed by atoms with Crippen molar-refractivity contribution in [1.29, 1.82) is 0 Å². The van der Waals surface area contributed by atoms with Crippen LogP contribution in [0.15, 0.2) is 33.7 Å². The summed E-state index contributed by atoms with van der Waals surface area (Å²) in [6, 6.07) is 4.34. The van der Waals surface area contributed by atoms with Crippen molar-refractivity contribution in [2.75, 3.05) is 19.8 Å². The Hall–Kier alpha value is -1.90. The first kappa shape index (κ1) is 21.8. The van der Waals surface area contributed by atoms with Gasteiger partial charge in [-0.25, -0.2) is 8.78 Å². The van der Waals surface area contributed by atoms with Gasteiger partial charge >= 0.3 is 0 Å². The Morgan fingerprint density at radius 3 is 2.72 bits per heavy atom. The van der Waals surface area contributed by atoms with Gasteiger partial charge in [0.2, 0.25) is 0 Å². The second kappa shape index (κ2) is 9.73. The SMILES string of the molecule is O=C(COCCO)c1cn(CCC2CC2)c(=O)c(F)c1Cc1ccc(Br)cc1F. The van der Waals surface area contributed by atoms with E-state index >= 15 is 4.39 Å². The Morgan fingerprint density at radius 1 is 1.31 bits per heavy atom. The van der Waals surface area contributed by atoms with Crippen LogP contribution >= 0.6 is 15.9 Å². The number of aryl methyl sites for hydroxylation is 1. The van der Waals surface area contributed by atoms with Crippen LogP contribution in [0.25, 0.3) is 0 Å². The zero-order valence-corrected chi connectivity index (χ0v) is 17.4. The molecule has 29 heavy (non-hydrogen) atoms. The molecule has 0 aliphatic heterocycles. The smallest absolute Gasteiger partial charge is 0.286 e. The van der Waals surface area contributed by atoms with Crippen molar-refractivity contribution in [1.82, 2.24) is 4.57 Å². The third kappa shape index (κ3) is 5.58. The molecule has 0 atom stereocenters. The maximum Gasteiger partial charge on any atom is 0.286 e. The molecule has 0 saturated heterocycles. The second-order valence-electron chi connectivity index (χ2n) is 7.18. The van der Waals surface area contributed by atoms with Crippen molar-refractivity contribution >= 4 is 21.7 Å². The van der Waals surface area contributed by atoms with Crippen molar-refractivity contribution in [2.45, 2.75) is 32.2 Å². The van der Waals surface area contributed by atoms with Crippen LogP contribution in [0, 0.1) is 17.6 Å². The number of aliphatic hydroxyl groups is 1. The summed E-state index contributed by atoms with van der Waals surface area (Å²) in [5, 5.41) is 8.82. The number of ketones is 1. The maximum atomic E-state index is 15.0. The highest BCUT2D eigenvalue weighted by Gasteiger charge is 2.24. The lowest BCUT2D eigenvalue weighted by atomic mass is 9.98. The van der Waals surface area contributed by atoms with Gasteiger partial charge in [0.25, 0.3) is 5.56 Å². The fourth-order valence-corrected chi connectivity index (χ4v) is 3.47. The summed E-state index contributed by atoms with van der Waals surface area (Å²) in [6.45, 7) is -0.326. The van der Waals surface area contributed by atoms with Crippen LogP contribution in [0.3, 0.4) is 0 Å². The van der Waals surface area contributed by atoms with Crippen LogP contribution in [-0.2, 0) is 17.7 Å². The number of nitrogens with zero attached hydrogens (tertiary/aromatic N) is 1. The molecule has 0 radical (unpaired) electrons. The zero-order valence-electron chi connectivity index (χ0n) is 15.8. The molecule has 1 fully saturated rings. The van der Waals surface area contributed by atoms with Crippen molar-refractivity contribution in [2.24, 2.45) is 5.92 Å². The molecular weight excluding hydrogens is 448 g/mol. The van der Waals surface area contributed by atoms with Crippen LogP contribution in [0.1, 0.15) is 40.7 Å². The summed E-state index contributed by atoms with van der Waals surface area (Å²) in [5.74, 6) is -1.60. The summed E-state index contributed by atoms with van der Waals surface area (Å²) in [6.07, 6.45) is 4.06. The number of aliphatic hydroxyl groups excluding tert-OH is 1. The first-order valence-electron chi connectivity index (χ1n) is 9.48. The lowest BCUT2D eigenvalue weighted by molar-refractivity contribution is 0.0662. The normalized spacial score (nSPS) is 13.7. The van der Waals surface area contributed by atoms with Gasteiger partial charge in [-0.15, -0.1) is 0 Å². The van der Waals surface area contributed by atoms with Crippen molar-refractivity contribution in [3.05, 3.63) is 67.5 Å². The van der Waals surface area contributed by atoms with E-state index in [2.05, 4.69) is 15.9 Å². The standard InChI is InChI=1S/C21H22BrF2NO4/c22-15-4-3-14(18(23)10-15)9-16-17(19(27)12-29-8-7-26)11-25(21(28)20(16)24)6-5-13-1-2-13/h3-4,10-11,13,26H,1-2,5-9,12H2. The van der Waals surface area contributed by atoms with E-state index in [0.29, 0.717) is 16.9 Å². The quantitative estimate of drug-likeness (QED) is 0.427. The van der Waals surface area contributed by atoms with Crippen LogP contribution in [0.5, 0.6) is 0 Å². The number of carbonyl (C=O) groups is 1. The third-order valence-electron chi connectivity index (χ3n) is 4.95. The van der Waals surface area contributed by atoms with E-state index < -0.39 is 23.0 Å². The van der Waals surface area contributed by atoms with E-state index in [0.717, 1.165) is 19.3 Å². The monoisotopic (exact) mass is 469 g/mol. The summed E-state index contributed by atoms with van der Waals surface area (Å²) >= 11 is 3.17. The number of aromatic nitrogens is 1. The number of ether oxygens (including phenoxy) is 1. The molecule has 0 amide bonds. The van der Waals surface area contributed by atoms with Crippen LogP contribution < -0.4 is 5.56 Å². The van der Waals surface area contributed by atoms with E-state index in [1.54, 1.807) is 6.07 Å². The van der Waals surface area contributed by atoms with Crippen molar-refractivity contribution < 1.29 is 23.4 Å². The predicted molar refractivity (Wildman–Crippen MR) is 107 cm³/mol. The number of pyridine rings is 1.